The summed E-state index contributed by atoms with van der Waals surface area (Å²) in [6.45, 7) is 0.353. The molecule has 0 aliphatic carbocycles. The lowest BCUT2D eigenvalue weighted by Gasteiger charge is -2.23. The molecule has 2 rings (SSSR count). The molecular weight excluding hydrogens is 379 g/mol. The van der Waals surface area contributed by atoms with E-state index in [1.165, 1.54) is 6.07 Å². The number of aromatic hydroxyl groups is 1. The Morgan fingerprint density at radius 3 is 2.61 bits per heavy atom. The number of hydrogen-bond acceptors (Lipinski definition) is 4. The molecular formula is C15H15Cl3N2O2S. The Morgan fingerprint density at radius 2 is 2.04 bits per heavy atom. The normalized spacial score (nSPS) is 12.4. The maximum absolute atomic E-state index is 12.4. The van der Waals surface area contributed by atoms with E-state index >= 15 is 0 Å². The second-order valence-electron chi connectivity index (χ2n) is 5.08. The van der Waals surface area contributed by atoms with Crippen molar-refractivity contribution in [1.82, 2.24) is 10.2 Å². The fourth-order valence-electron chi connectivity index (χ4n) is 2.09. The summed E-state index contributed by atoms with van der Waals surface area (Å²) < 4.78 is 0. The molecule has 1 aromatic heterocycles. The van der Waals surface area contributed by atoms with Crippen LogP contribution < -0.4 is 5.32 Å². The van der Waals surface area contributed by atoms with Crippen molar-refractivity contribution in [1.29, 1.82) is 0 Å². The lowest BCUT2D eigenvalue weighted by Crippen LogP contribution is -2.34. The largest absolute Gasteiger partial charge is 0.505 e. The zero-order valence-corrected chi connectivity index (χ0v) is 15.5. The first-order valence-corrected chi connectivity index (χ1v) is 8.68. The third-order valence-electron chi connectivity index (χ3n) is 3.32. The molecule has 0 saturated heterocycles. The minimum absolute atomic E-state index is 0.00882. The van der Waals surface area contributed by atoms with Gasteiger partial charge in [-0.15, -0.1) is 11.3 Å². The van der Waals surface area contributed by atoms with Gasteiger partial charge in [-0.2, -0.15) is 0 Å². The minimum Gasteiger partial charge on any atom is -0.505 e. The monoisotopic (exact) mass is 392 g/mol. The van der Waals surface area contributed by atoms with E-state index in [4.69, 9.17) is 34.8 Å². The Kier molecular flexibility index (Phi) is 6.17. The number of amides is 1. The Bertz CT molecular complexity index is 679. The highest BCUT2D eigenvalue weighted by atomic mass is 35.5. The second-order valence-corrected chi connectivity index (χ2v) is 7.25. The number of rotatable bonds is 5. The first kappa shape index (κ1) is 18.4. The van der Waals surface area contributed by atoms with Crippen LogP contribution in [0.25, 0.3) is 0 Å². The van der Waals surface area contributed by atoms with E-state index in [9.17, 15) is 9.90 Å². The van der Waals surface area contributed by atoms with Gasteiger partial charge in [0.25, 0.3) is 5.91 Å². The van der Waals surface area contributed by atoms with Crippen molar-refractivity contribution in [2.45, 2.75) is 6.04 Å². The molecule has 0 bridgehead atoms. The Balaban J connectivity index is 2.20. The zero-order chi connectivity index (χ0) is 17.1. The molecule has 0 spiro atoms. The van der Waals surface area contributed by atoms with Gasteiger partial charge in [0.05, 0.1) is 21.1 Å². The highest BCUT2D eigenvalue weighted by Crippen LogP contribution is 2.38. The van der Waals surface area contributed by atoms with Gasteiger partial charge in [-0.25, -0.2) is 0 Å². The lowest BCUT2D eigenvalue weighted by molar-refractivity contribution is 0.0940. The van der Waals surface area contributed by atoms with Crippen LogP contribution in [0.15, 0.2) is 23.6 Å². The predicted octanol–water partition coefficient (Wildman–Crippen LogP) is 4.45. The lowest BCUT2D eigenvalue weighted by atomic mass is 10.1. The van der Waals surface area contributed by atoms with Gasteiger partial charge in [0.15, 0.2) is 0 Å². The van der Waals surface area contributed by atoms with E-state index in [0.29, 0.717) is 6.54 Å². The predicted molar refractivity (Wildman–Crippen MR) is 96.2 cm³/mol. The van der Waals surface area contributed by atoms with Gasteiger partial charge in [0.2, 0.25) is 0 Å². The molecule has 0 fully saturated rings. The topological polar surface area (TPSA) is 52.6 Å². The molecule has 4 nitrogen and oxygen atoms in total. The molecule has 23 heavy (non-hydrogen) atoms. The van der Waals surface area contributed by atoms with Crippen molar-refractivity contribution in [3.05, 3.63) is 49.1 Å². The van der Waals surface area contributed by atoms with Gasteiger partial charge < -0.3 is 15.3 Å². The Hall–Kier alpha value is -0.980. The Labute approximate surface area is 153 Å². The van der Waals surface area contributed by atoms with Crippen molar-refractivity contribution in [2.75, 3.05) is 20.6 Å². The number of halogens is 3. The van der Waals surface area contributed by atoms with E-state index in [0.717, 1.165) is 4.88 Å². The molecule has 1 atom stereocenters. The molecule has 1 unspecified atom stereocenters. The van der Waals surface area contributed by atoms with E-state index in [1.807, 2.05) is 36.5 Å². The van der Waals surface area contributed by atoms with Gasteiger partial charge >= 0.3 is 0 Å². The van der Waals surface area contributed by atoms with Crippen LogP contribution in [0.1, 0.15) is 21.3 Å². The minimum atomic E-state index is -0.527. The molecule has 2 aromatic rings. The summed E-state index contributed by atoms with van der Waals surface area (Å²) in [4.78, 5) is 15.5. The standard InChI is InChI=1S/C15H15Cl3N2O2S/c1-20(2)10(11-4-3-5-23-11)7-19-15(22)12-13(18)8(16)6-9(17)14(12)21/h3-6,10,21H,7H2,1-2H3,(H,19,22). The maximum Gasteiger partial charge on any atom is 0.256 e. The molecule has 1 aromatic carbocycles. The third kappa shape index (κ3) is 4.11. The summed E-state index contributed by atoms with van der Waals surface area (Å²) in [5.74, 6) is -0.906. The molecule has 1 heterocycles. The van der Waals surface area contributed by atoms with E-state index in [-0.39, 0.29) is 32.4 Å². The highest BCUT2D eigenvalue weighted by Gasteiger charge is 2.23. The van der Waals surface area contributed by atoms with Crippen LogP contribution in [0.2, 0.25) is 15.1 Å². The molecule has 124 valence electrons. The number of carbonyl (C=O) groups excluding carboxylic acids is 1. The summed E-state index contributed by atoms with van der Waals surface area (Å²) in [7, 11) is 3.86. The number of benzene rings is 1. The quantitative estimate of drug-likeness (QED) is 0.738. The van der Waals surface area contributed by atoms with E-state index < -0.39 is 5.91 Å². The van der Waals surface area contributed by atoms with E-state index in [1.54, 1.807) is 11.3 Å². The van der Waals surface area contributed by atoms with Gasteiger partial charge in [0, 0.05) is 11.4 Å². The number of carbonyl (C=O) groups is 1. The molecule has 8 heteroatoms. The fraction of sp³-hybridized carbons (Fsp3) is 0.267. The van der Waals surface area contributed by atoms with Crippen LogP contribution in [0.3, 0.4) is 0 Å². The number of hydrogen-bond donors (Lipinski definition) is 2. The van der Waals surface area contributed by atoms with Crippen molar-refractivity contribution in [3.63, 3.8) is 0 Å². The molecule has 0 radical (unpaired) electrons. The van der Waals surface area contributed by atoms with Gasteiger partial charge in [-0.1, -0.05) is 40.9 Å². The van der Waals surface area contributed by atoms with Gasteiger partial charge in [0.1, 0.15) is 11.3 Å². The second kappa shape index (κ2) is 7.73. The number of phenols is 1. The van der Waals surface area contributed by atoms with Crippen LogP contribution in [-0.4, -0.2) is 36.6 Å². The number of nitrogens with zero attached hydrogens (tertiary/aromatic N) is 1. The summed E-state index contributed by atoms with van der Waals surface area (Å²) >= 11 is 19.4. The highest BCUT2D eigenvalue weighted by molar-refractivity contribution is 7.10. The van der Waals surface area contributed by atoms with Crippen LogP contribution in [0.4, 0.5) is 0 Å². The third-order valence-corrected chi connectivity index (χ3v) is 5.37. The fourth-order valence-corrected chi connectivity index (χ4v) is 3.70. The van der Waals surface area contributed by atoms with Crippen LogP contribution in [0, 0.1) is 0 Å². The smallest absolute Gasteiger partial charge is 0.256 e. The zero-order valence-electron chi connectivity index (χ0n) is 12.4. The van der Waals surface area contributed by atoms with Crippen LogP contribution in [0.5, 0.6) is 5.75 Å². The number of nitrogens with one attached hydrogen (secondary N) is 1. The molecule has 1 amide bonds. The summed E-state index contributed by atoms with van der Waals surface area (Å²) in [6, 6.07) is 5.26. The molecule has 0 aliphatic heterocycles. The van der Waals surface area contributed by atoms with E-state index in [2.05, 4.69) is 5.32 Å². The van der Waals surface area contributed by atoms with Crippen molar-refractivity contribution < 1.29 is 9.90 Å². The Morgan fingerprint density at radius 1 is 1.35 bits per heavy atom. The number of phenolic OH excluding ortho intramolecular Hbond substituents is 1. The molecule has 0 saturated carbocycles. The summed E-state index contributed by atoms with van der Waals surface area (Å²) in [5.41, 5.74) is -0.118. The number of likely N-dealkylation sites (N-methyl/N-ethyl adjacent to an activating group) is 1. The van der Waals surface area contributed by atoms with Crippen molar-refractivity contribution in [3.8, 4) is 5.75 Å². The van der Waals surface area contributed by atoms with Crippen molar-refractivity contribution in [2.24, 2.45) is 0 Å². The average Bonchev–Trinajstić information content (AvgIpc) is 2.99. The summed E-state index contributed by atoms with van der Waals surface area (Å²) in [6.07, 6.45) is 0. The first-order valence-electron chi connectivity index (χ1n) is 6.67. The first-order chi connectivity index (χ1) is 10.8. The average molecular weight is 394 g/mol. The van der Waals surface area contributed by atoms with Gasteiger partial charge in [-0.05, 0) is 31.6 Å². The summed E-state index contributed by atoms with van der Waals surface area (Å²) in [5, 5.41) is 14.8. The van der Waals surface area contributed by atoms with Crippen molar-refractivity contribution >= 4 is 52.0 Å². The SMILES string of the molecule is CN(C)C(CNC(=O)c1c(O)c(Cl)cc(Cl)c1Cl)c1cccs1. The van der Waals surface area contributed by atoms with Gasteiger partial charge in [-0.3, -0.25) is 4.79 Å². The molecule has 2 N–H and O–H groups in total. The molecule has 0 aliphatic rings. The number of thiophene rings is 1. The van der Waals surface area contributed by atoms with Crippen LogP contribution >= 0.6 is 46.1 Å². The maximum atomic E-state index is 12.4. The van der Waals surface area contributed by atoms with Crippen LogP contribution in [-0.2, 0) is 0 Å².